The van der Waals surface area contributed by atoms with Crippen molar-refractivity contribution in [2.45, 2.75) is 6.92 Å². The van der Waals surface area contributed by atoms with Crippen molar-refractivity contribution in [3.8, 4) is 0 Å². The van der Waals surface area contributed by atoms with Gasteiger partial charge in [0.2, 0.25) is 0 Å². The van der Waals surface area contributed by atoms with Crippen LogP contribution in [0.25, 0.3) is 0 Å². The summed E-state index contributed by atoms with van der Waals surface area (Å²) in [7, 11) is 0. The summed E-state index contributed by atoms with van der Waals surface area (Å²) in [6.45, 7) is 1.80. The van der Waals surface area contributed by atoms with Crippen LogP contribution < -0.4 is 11.1 Å². The van der Waals surface area contributed by atoms with Crippen LogP contribution in [0.2, 0.25) is 10.0 Å². The first kappa shape index (κ1) is 14.6. The Kier molecular flexibility index (Phi) is 4.16. The summed E-state index contributed by atoms with van der Waals surface area (Å²) in [6.07, 6.45) is 0. The highest BCUT2D eigenvalue weighted by Crippen LogP contribution is 2.29. The van der Waals surface area contributed by atoms with Crippen LogP contribution in [0.15, 0.2) is 30.3 Å². The van der Waals surface area contributed by atoms with Crippen LogP contribution in [-0.4, -0.2) is 5.91 Å². The highest BCUT2D eigenvalue weighted by atomic mass is 35.5. The molecular weight excluding hydrogens is 302 g/mol. The third-order valence-electron chi connectivity index (χ3n) is 2.71. The first-order valence-corrected chi connectivity index (χ1v) is 6.46. The normalized spacial score (nSPS) is 10.4. The van der Waals surface area contributed by atoms with Gasteiger partial charge in [-0.1, -0.05) is 29.3 Å². The lowest BCUT2D eigenvalue weighted by Gasteiger charge is -2.09. The van der Waals surface area contributed by atoms with Crippen LogP contribution in [0.5, 0.6) is 0 Å². The van der Waals surface area contributed by atoms with Gasteiger partial charge in [-0.15, -0.1) is 0 Å². The van der Waals surface area contributed by atoms with E-state index in [0.717, 1.165) is 5.56 Å². The summed E-state index contributed by atoms with van der Waals surface area (Å²) in [6, 6.07) is 7.20. The molecule has 1 amide bonds. The molecule has 0 aromatic heterocycles. The SMILES string of the molecule is Cc1ccc(F)c(NC(=O)c2cc(Cl)c(N)c(Cl)c2)c1. The number of benzene rings is 2. The lowest BCUT2D eigenvalue weighted by Crippen LogP contribution is -2.13. The van der Waals surface area contributed by atoms with Gasteiger partial charge in [0.05, 0.1) is 21.4 Å². The summed E-state index contributed by atoms with van der Waals surface area (Å²) in [5.41, 5.74) is 6.92. The molecule has 2 rings (SSSR count). The Bertz CT molecular complexity index is 666. The number of amides is 1. The molecule has 20 heavy (non-hydrogen) atoms. The topological polar surface area (TPSA) is 55.1 Å². The summed E-state index contributed by atoms with van der Waals surface area (Å²) >= 11 is 11.7. The minimum Gasteiger partial charge on any atom is -0.396 e. The average molecular weight is 313 g/mol. The molecule has 0 aliphatic heterocycles. The highest BCUT2D eigenvalue weighted by Gasteiger charge is 2.13. The average Bonchev–Trinajstić information content (AvgIpc) is 2.39. The van der Waals surface area contributed by atoms with E-state index >= 15 is 0 Å². The molecule has 0 atom stereocenters. The molecule has 0 fully saturated rings. The maximum absolute atomic E-state index is 13.6. The van der Waals surface area contributed by atoms with E-state index in [1.54, 1.807) is 13.0 Å². The van der Waals surface area contributed by atoms with Gasteiger partial charge in [-0.2, -0.15) is 0 Å². The summed E-state index contributed by atoms with van der Waals surface area (Å²) < 4.78 is 13.6. The lowest BCUT2D eigenvalue weighted by molar-refractivity contribution is 0.102. The van der Waals surface area contributed by atoms with Crippen molar-refractivity contribution in [3.63, 3.8) is 0 Å². The number of carbonyl (C=O) groups excluding carboxylic acids is 1. The van der Waals surface area contributed by atoms with Gasteiger partial charge in [-0.3, -0.25) is 4.79 Å². The first-order chi connectivity index (χ1) is 9.38. The fourth-order valence-electron chi connectivity index (χ4n) is 1.64. The van der Waals surface area contributed by atoms with Gasteiger partial charge < -0.3 is 11.1 Å². The van der Waals surface area contributed by atoms with Crippen LogP contribution in [0.1, 0.15) is 15.9 Å². The van der Waals surface area contributed by atoms with E-state index in [1.807, 2.05) is 0 Å². The van der Waals surface area contributed by atoms with E-state index < -0.39 is 11.7 Å². The second-order valence-corrected chi connectivity index (χ2v) is 5.11. The van der Waals surface area contributed by atoms with E-state index in [9.17, 15) is 9.18 Å². The fraction of sp³-hybridized carbons (Fsp3) is 0.0714. The minimum absolute atomic E-state index is 0.0964. The zero-order chi connectivity index (χ0) is 14.9. The van der Waals surface area contributed by atoms with E-state index in [4.69, 9.17) is 28.9 Å². The molecule has 0 saturated heterocycles. The Labute approximate surface area is 125 Å². The number of nitrogen functional groups attached to an aromatic ring is 1. The number of anilines is 2. The van der Waals surface area contributed by atoms with E-state index in [1.165, 1.54) is 24.3 Å². The second kappa shape index (κ2) is 5.69. The predicted octanol–water partition coefficient (Wildman–Crippen LogP) is 4.28. The van der Waals surface area contributed by atoms with Crippen LogP contribution in [0.4, 0.5) is 15.8 Å². The van der Waals surface area contributed by atoms with E-state index in [0.29, 0.717) is 0 Å². The molecule has 6 heteroatoms. The molecule has 0 unspecified atom stereocenters. The molecule has 0 radical (unpaired) electrons. The number of halogens is 3. The number of carbonyl (C=O) groups is 1. The molecular formula is C14H11Cl2FN2O. The molecule has 3 nitrogen and oxygen atoms in total. The number of hydrogen-bond donors (Lipinski definition) is 2. The number of aryl methyl sites for hydroxylation is 1. The molecule has 0 saturated carbocycles. The summed E-state index contributed by atoms with van der Waals surface area (Å²) in [5.74, 6) is -1.03. The lowest BCUT2D eigenvalue weighted by atomic mass is 10.1. The molecule has 0 heterocycles. The van der Waals surface area contributed by atoms with Crippen molar-refractivity contribution < 1.29 is 9.18 Å². The third-order valence-corrected chi connectivity index (χ3v) is 3.34. The first-order valence-electron chi connectivity index (χ1n) is 5.70. The zero-order valence-corrected chi connectivity index (χ0v) is 12.0. The van der Waals surface area contributed by atoms with Gasteiger partial charge in [0.1, 0.15) is 5.82 Å². The van der Waals surface area contributed by atoms with Crippen molar-refractivity contribution in [3.05, 3.63) is 57.3 Å². The van der Waals surface area contributed by atoms with Crippen molar-refractivity contribution >= 4 is 40.5 Å². The smallest absolute Gasteiger partial charge is 0.255 e. The van der Waals surface area contributed by atoms with Crippen LogP contribution in [-0.2, 0) is 0 Å². The minimum atomic E-state index is -0.517. The fourth-order valence-corrected chi connectivity index (χ4v) is 2.13. The standard InChI is InChI=1S/C14H11Cl2FN2O/c1-7-2-3-11(17)12(4-7)19-14(20)8-5-9(15)13(18)10(16)6-8/h2-6H,18H2,1H3,(H,19,20). The number of nitrogens with two attached hydrogens (primary N) is 1. The number of rotatable bonds is 2. The molecule has 0 spiro atoms. The van der Waals surface area contributed by atoms with Crippen LogP contribution in [0, 0.1) is 12.7 Å². The van der Waals surface area contributed by atoms with Crippen molar-refractivity contribution in [1.82, 2.24) is 0 Å². The molecule has 3 N–H and O–H groups in total. The highest BCUT2D eigenvalue weighted by molar-refractivity contribution is 6.39. The maximum Gasteiger partial charge on any atom is 0.255 e. The Balaban J connectivity index is 2.31. The molecule has 2 aromatic carbocycles. The van der Waals surface area contributed by atoms with E-state index in [2.05, 4.69) is 5.32 Å². The predicted molar refractivity (Wildman–Crippen MR) is 80.0 cm³/mol. The molecule has 0 bridgehead atoms. The van der Waals surface area contributed by atoms with Crippen LogP contribution in [0.3, 0.4) is 0 Å². The molecule has 104 valence electrons. The van der Waals surface area contributed by atoms with Gasteiger partial charge in [0.15, 0.2) is 0 Å². The zero-order valence-electron chi connectivity index (χ0n) is 10.5. The van der Waals surface area contributed by atoms with Crippen molar-refractivity contribution in [2.24, 2.45) is 0 Å². The van der Waals surface area contributed by atoms with Crippen LogP contribution >= 0.6 is 23.2 Å². The molecule has 0 aliphatic rings. The quantitative estimate of drug-likeness (QED) is 0.813. The van der Waals surface area contributed by atoms with Gasteiger partial charge in [0, 0.05) is 5.56 Å². The maximum atomic E-state index is 13.6. The molecule has 0 aliphatic carbocycles. The molecule has 2 aromatic rings. The Morgan fingerprint density at radius 3 is 2.40 bits per heavy atom. The van der Waals surface area contributed by atoms with Crippen molar-refractivity contribution in [1.29, 1.82) is 0 Å². The number of hydrogen-bond acceptors (Lipinski definition) is 2. The largest absolute Gasteiger partial charge is 0.396 e. The van der Waals surface area contributed by atoms with Gasteiger partial charge in [0.25, 0.3) is 5.91 Å². The van der Waals surface area contributed by atoms with Gasteiger partial charge in [-0.05, 0) is 36.8 Å². The third kappa shape index (κ3) is 3.03. The van der Waals surface area contributed by atoms with Gasteiger partial charge >= 0.3 is 0 Å². The summed E-state index contributed by atoms with van der Waals surface area (Å²) in [4.78, 5) is 12.1. The number of nitrogens with one attached hydrogen (secondary N) is 1. The van der Waals surface area contributed by atoms with Crippen molar-refractivity contribution in [2.75, 3.05) is 11.1 Å². The van der Waals surface area contributed by atoms with Gasteiger partial charge in [-0.25, -0.2) is 4.39 Å². The van der Waals surface area contributed by atoms with E-state index in [-0.39, 0.29) is 27.0 Å². The monoisotopic (exact) mass is 312 g/mol. The Morgan fingerprint density at radius 2 is 1.80 bits per heavy atom. The Hall–Kier alpha value is -1.78. The second-order valence-electron chi connectivity index (χ2n) is 4.29. The summed E-state index contributed by atoms with van der Waals surface area (Å²) in [5, 5.41) is 2.82. The Morgan fingerprint density at radius 1 is 1.20 bits per heavy atom.